The average Bonchev–Trinajstić information content (AvgIpc) is 3.88. The van der Waals surface area contributed by atoms with Gasteiger partial charge in [0.25, 0.3) is 5.91 Å². The topological polar surface area (TPSA) is 162 Å². The molecule has 5 atom stereocenters. The molecule has 14 nitrogen and oxygen atoms in total. The summed E-state index contributed by atoms with van der Waals surface area (Å²) in [6.07, 6.45) is 11.9. The third-order valence-electron chi connectivity index (χ3n) is 13.2. The number of nitrogens with zero attached hydrogens (tertiary/aromatic N) is 8. The van der Waals surface area contributed by atoms with E-state index in [0.29, 0.717) is 49.0 Å². The predicted octanol–water partition coefficient (Wildman–Crippen LogP) is 4.26. The van der Waals surface area contributed by atoms with Gasteiger partial charge in [0, 0.05) is 49.7 Å². The van der Waals surface area contributed by atoms with Crippen LogP contribution in [0.5, 0.6) is 0 Å². The molecule has 0 saturated carbocycles. The Balaban J connectivity index is 0.791. The summed E-state index contributed by atoms with van der Waals surface area (Å²) in [5.41, 5.74) is 4.20. The van der Waals surface area contributed by atoms with Crippen molar-refractivity contribution in [2.75, 3.05) is 36.4 Å². The van der Waals surface area contributed by atoms with Gasteiger partial charge in [0.05, 0.1) is 35.1 Å². The molecule has 1 aliphatic carbocycles. The second-order valence-electron chi connectivity index (χ2n) is 17.1. The summed E-state index contributed by atoms with van der Waals surface area (Å²) >= 11 is 0. The number of benzene rings is 1. The number of aromatic nitrogens is 5. The molecule has 3 amide bonds. The fourth-order valence-electron chi connectivity index (χ4n) is 9.98. The number of amides is 3. The fourth-order valence-corrected chi connectivity index (χ4v) is 9.98. The number of likely N-dealkylation sites (tertiary alicyclic amines) is 1. The Hall–Kier alpha value is -5.54. The highest BCUT2D eigenvalue weighted by Gasteiger charge is 2.48. The number of nitrogens with one attached hydrogen (secondary N) is 2. The standard InChI is InChI=1S/C42H45FN10O4/c1-41-17-29(22-52(41)34-16-32(48-49-37(34)45-23-41)31-4-3-5-35(43)42(31,2)57)53-38-28(19-46-53)14-24(18-44-38)20-50-12-10-25(11-13-50)26-6-7-27-21-51(40(56)30(27)15-26)33-8-9-36(54)47-39(33)55/h3-7,14-16,18-19,25,29,31,33,57H,8-13,17,20-23H2,1-2H3,(H,45,49)(H,47,54,55)/t29-,31?,33+,41-,42?/m1/s1. The molecule has 0 bridgehead atoms. The van der Waals surface area contributed by atoms with Crippen LogP contribution in [0.1, 0.15) is 96.6 Å². The van der Waals surface area contributed by atoms with Crippen molar-refractivity contribution in [3.63, 3.8) is 0 Å². The van der Waals surface area contributed by atoms with Gasteiger partial charge in [-0.25, -0.2) is 14.1 Å². The monoisotopic (exact) mass is 772 g/mol. The van der Waals surface area contributed by atoms with Gasteiger partial charge in [-0.05, 0) is 99.5 Å². The van der Waals surface area contributed by atoms with E-state index in [1.54, 1.807) is 17.1 Å². The van der Waals surface area contributed by atoms with E-state index >= 15 is 0 Å². The van der Waals surface area contributed by atoms with E-state index in [0.717, 1.165) is 72.3 Å². The third-order valence-corrected chi connectivity index (χ3v) is 13.2. The lowest BCUT2D eigenvalue weighted by molar-refractivity contribution is -0.136. The third kappa shape index (κ3) is 6.01. The lowest BCUT2D eigenvalue weighted by atomic mass is 9.82. The molecule has 3 fully saturated rings. The Morgan fingerprint density at radius 1 is 1.04 bits per heavy atom. The van der Waals surface area contributed by atoms with Crippen LogP contribution in [0.15, 0.2) is 66.8 Å². The van der Waals surface area contributed by atoms with Crippen LogP contribution in [0.2, 0.25) is 0 Å². The van der Waals surface area contributed by atoms with Crippen molar-refractivity contribution < 1.29 is 23.9 Å². The minimum absolute atomic E-state index is 0.0577. The molecule has 8 heterocycles. The number of allylic oxidation sites excluding steroid dienone is 2. The minimum atomic E-state index is -1.70. The first-order valence-electron chi connectivity index (χ1n) is 19.9. The maximum atomic E-state index is 14.6. The van der Waals surface area contributed by atoms with Gasteiger partial charge in [-0.1, -0.05) is 24.3 Å². The van der Waals surface area contributed by atoms with E-state index in [1.165, 1.54) is 13.0 Å². The molecule has 15 heteroatoms. The van der Waals surface area contributed by atoms with Gasteiger partial charge in [-0.2, -0.15) is 10.2 Å². The molecule has 6 aliphatic rings. The Morgan fingerprint density at radius 3 is 2.70 bits per heavy atom. The zero-order valence-electron chi connectivity index (χ0n) is 32.0. The average molecular weight is 773 g/mol. The van der Waals surface area contributed by atoms with E-state index in [-0.39, 0.29) is 35.7 Å². The molecular weight excluding hydrogens is 728 g/mol. The molecule has 0 radical (unpaired) electrons. The number of carbonyl (C=O) groups is 3. The molecule has 294 valence electrons. The Labute approximate surface area is 328 Å². The number of imide groups is 1. The number of pyridine rings is 1. The summed E-state index contributed by atoms with van der Waals surface area (Å²) in [4.78, 5) is 48.9. The molecule has 0 spiro atoms. The summed E-state index contributed by atoms with van der Waals surface area (Å²) in [6.45, 7) is 8.09. The number of piperidine rings is 2. The van der Waals surface area contributed by atoms with E-state index in [4.69, 9.17) is 10.1 Å². The van der Waals surface area contributed by atoms with Crippen LogP contribution >= 0.6 is 0 Å². The van der Waals surface area contributed by atoms with Gasteiger partial charge in [-0.15, -0.1) is 5.10 Å². The van der Waals surface area contributed by atoms with Crippen molar-refractivity contribution in [3.8, 4) is 0 Å². The minimum Gasteiger partial charge on any atom is -0.382 e. The van der Waals surface area contributed by atoms with Crippen LogP contribution in [0, 0.1) is 0 Å². The maximum Gasteiger partial charge on any atom is 0.255 e. The maximum absolute atomic E-state index is 14.6. The van der Waals surface area contributed by atoms with E-state index in [1.807, 2.05) is 35.3 Å². The molecule has 5 aliphatic heterocycles. The molecule has 3 aromatic heterocycles. The Kier molecular flexibility index (Phi) is 8.34. The summed E-state index contributed by atoms with van der Waals surface area (Å²) in [6, 6.07) is 9.76. The predicted molar refractivity (Wildman–Crippen MR) is 209 cm³/mol. The zero-order chi connectivity index (χ0) is 39.2. The van der Waals surface area contributed by atoms with Crippen molar-refractivity contribution in [1.82, 2.24) is 40.1 Å². The van der Waals surface area contributed by atoms with Crippen LogP contribution in [-0.2, 0) is 22.7 Å². The van der Waals surface area contributed by atoms with Gasteiger partial charge in [0.1, 0.15) is 17.5 Å². The Bertz CT molecular complexity index is 2400. The second kappa shape index (κ2) is 13.3. The van der Waals surface area contributed by atoms with Crippen molar-refractivity contribution in [2.24, 2.45) is 0 Å². The second-order valence-corrected chi connectivity index (χ2v) is 17.1. The molecular formula is C42H45FN10O4. The summed E-state index contributed by atoms with van der Waals surface area (Å²) in [5.74, 6) is -1.05. The summed E-state index contributed by atoms with van der Waals surface area (Å²) in [7, 11) is 0. The molecule has 2 unspecified atom stereocenters. The number of rotatable bonds is 6. The molecule has 4 aromatic rings. The van der Waals surface area contributed by atoms with Crippen LogP contribution < -0.4 is 15.5 Å². The number of aliphatic hydroxyl groups is 1. The van der Waals surface area contributed by atoms with Gasteiger partial charge >= 0.3 is 0 Å². The quantitative estimate of drug-likeness (QED) is 0.240. The van der Waals surface area contributed by atoms with Crippen LogP contribution in [0.4, 0.5) is 15.9 Å². The van der Waals surface area contributed by atoms with Crippen LogP contribution in [-0.4, -0.2) is 101 Å². The highest BCUT2D eigenvalue weighted by molar-refractivity contribution is 6.05. The zero-order valence-corrected chi connectivity index (χ0v) is 32.0. The lowest BCUT2D eigenvalue weighted by Gasteiger charge is -2.42. The molecule has 3 N–H and O–H groups in total. The van der Waals surface area contributed by atoms with Crippen molar-refractivity contribution >= 4 is 40.3 Å². The van der Waals surface area contributed by atoms with Crippen molar-refractivity contribution in [3.05, 3.63) is 94.7 Å². The molecule has 57 heavy (non-hydrogen) atoms. The largest absolute Gasteiger partial charge is 0.382 e. The number of hydrogen-bond donors (Lipinski definition) is 3. The number of anilines is 2. The normalized spacial score (nSPS) is 28.9. The summed E-state index contributed by atoms with van der Waals surface area (Å²) in [5, 5.41) is 31.5. The molecule has 3 saturated heterocycles. The van der Waals surface area contributed by atoms with E-state index in [2.05, 4.69) is 49.7 Å². The van der Waals surface area contributed by atoms with Gasteiger partial charge in [0.15, 0.2) is 11.5 Å². The molecule has 10 rings (SSSR count). The molecule has 1 aromatic carbocycles. The van der Waals surface area contributed by atoms with E-state index < -0.39 is 23.4 Å². The summed E-state index contributed by atoms with van der Waals surface area (Å²) < 4.78 is 16.7. The van der Waals surface area contributed by atoms with E-state index in [9.17, 15) is 23.9 Å². The van der Waals surface area contributed by atoms with Crippen LogP contribution in [0.25, 0.3) is 11.0 Å². The lowest BCUT2D eigenvalue weighted by Crippen LogP contribution is -2.52. The number of halogens is 1. The number of carbonyl (C=O) groups excluding carboxylic acids is 3. The van der Waals surface area contributed by atoms with Gasteiger partial charge < -0.3 is 20.2 Å². The SMILES string of the molecule is CC1(O)C(F)=CC=CC1c1cc2c(nn1)NC[C@@]1(C)C[C@@H](n3ncc4cc(CN5CCC(c6ccc7c(c6)C(=O)N([C@H]6CCC(=O)NC6=O)C7)CC5)cnc43)CN21. The number of fused-ring (bicyclic) bond motifs is 5. The van der Waals surface area contributed by atoms with Gasteiger partial charge in [-0.3, -0.25) is 24.6 Å². The number of hydrogen-bond acceptors (Lipinski definition) is 11. The highest BCUT2D eigenvalue weighted by Crippen LogP contribution is 2.47. The van der Waals surface area contributed by atoms with Crippen molar-refractivity contribution in [1.29, 1.82) is 0 Å². The first kappa shape index (κ1) is 35.8. The van der Waals surface area contributed by atoms with Gasteiger partial charge in [0.2, 0.25) is 11.8 Å². The van der Waals surface area contributed by atoms with Crippen LogP contribution in [0.3, 0.4) is 0 Å². The van der Waals surface area contributed by atoms with Crippen molar-refractivity contribution in [2.45, 2.75) is 94.1 Å². The first-order valence-corrected chi connectivity index (χ1v) is 19.9. The fraction of sp³-hybridized carbons (Fsp3) is 0.452. The first-order chi connectivity index (χ1) is 27.4. The Morgan fingerprint density at radius 2 is 1.88 bits per heavy atom. The highest BCUT2D eigenvalue weighted by atomic mass is 19.1. The smallest absolute Gasteiger partial charge is 0.255 e.